The molecule has 62 valence electrons. The summed E-state index contributed by atoms with van der Waals surface area (Å²) < 4.78 is 0. The Morgan fingerprint density at radius 3 is 2.58 bits per heavy atom. The van der Waals surface area contributed by atoms with E-state index in [1.807, 2.05) is 4.98 Å². The Morgan fingerprint density at radius 1 is 1.08 bits per heavy atom. The monoisotopic (exact) mass is 170 g/mol. The van der Waals surface area contributed by atoms with Gasteiger partial charge in [0.1, 0.15) is 11.2 Å². The van der Waals surface area contributed by atoms with Gasteiger partial charge in [-0.15, -0.1) is 0 Å². The van der Waals surface area contributed by atoms with E-state index < -0.39 is 16.9 Å². The van der Waals surface area contributed by atoms with Crippen LogP contribution in [0.2, 0.25) is 0 Å². The first-order valence-corrected chi connectivity index (χ1v) is 3.11. The van der Waals surface area contributed by atoms with Gasteiger partial charge in [0.15, 0.2) is 0 Å². The third-order valence-corrected chi connectivity index (χ3v) is 1.42. The van der Waals surface area contributed by atoms with Crippen LogP contribution in [0.3, 0.4) is 0 Å². The predicted octanol–water partition coefficient (Wildman–Crippen LogP) is -1.77. The molecule has 7 nitrogen and oxygen atoms in total. The van der Waals surface area contributed by atoms with E-state index in [0.717, 1.165) is 0 Å². The molecule has 0 fully saturated rings. The highest BCUT2D eigenvalue weighted by Gasteiger charge is 2.02. The van der Waals surface area contributed by atoms with Crippen molar-refractivity contribution in [2.75, 3.05) is 0 Å². The molecule has 2 heterocycles. The van der Waals surface area contributed by atoms with E-state index >= 15 is 0 Å². The summed E-state index contributed by atoms with van der Waals surface area (Å²) >= 11 is 0. The second kappa shape index (κ2) is 1.97. The summed E-state index contributed by atoms with van der Waals surface area (Å²) in [6.07, 6.45) is 0. The first kappa shape index (κ1) is 6.65. The molecular weight excluding hydrogens is 166 g/mol. The number of hydrogen-bond donors (Lipinski definition) is 4. The number of hydrogen-bond acceptors (Lipinski definition) is 3. The smallest absolute Gasteiger partial charge is 0.300 e. The molecule has 0 aliphatic carbocycles. The molecule has 0 spiro atoms. The van der Waals surface area contributed by atoms with Crippen molar-refractivity contribution in [2.24, 2.45) is 0 Å². The highest BCUT2D eigenvalue weighted by molar-refractivity contribution is 5.67. The normalized spacial score (nSPS) is 10.7. The molecular formula is C5H4N4O3. The van der Waals surface area contributed by atoms with Gasteiger partial charge in [-0.1, -0.05) is 0 Å². The lowest BCUT2D eigenvalue weighted by molar-refractivity contribution is 1.07. The molecule has 0 amide bonds. The van der Waals surface area contributed by atoms with Crippen LogP contribution in [0, 0.1) is 0 Å². The molecule has 0 aromatic carbocycles. The van der Waals surface area contributed by atoms with Crippen molar-refractivity contribution in [3.8, 4) is 0 Å². The van der Waals surface area contributed by atoms with Crippen molar-refractivity contribution >= 4 is 11.2 Å². The van der Waals surface area contributed by atoms with Gasteiger partial charge in [-0.05, 0) is 0 Å². The number of aromatic nitrogens is 4. The van der Waals surface area contributed by atoms with Gasteiger partial charge in [0.25, 0.3) is 5.56 Å². The molecule has 2 rings (SSSR count). The van der Waals surface area contributed by atoms with E-state index in [9.17, 15) is 14.4 Å². The Hall–Kier alpha value is -2.05. The van der Waals surface area contributed by atoms with Crippen LogP contribution in [0.4, 0.5) is 0 Å². The summed E-state index contributed by atoms with van der Waals surface area (Å²) in [6.45, 7) is 0. The van der Waals surface area contributed by atoms with Gasteiger partial charge in [0.2, 0.25) is 0 Å². The van der Waals surface area contributed by atoms with Crippen LogP contribution >= 0.6 is 0 Å². The minimum atomic E-state index is -0.650. The highest BCUT2D eigenvalue weighted by Crippen LogP contribution is 1.88. The lowest BCUT2D eigenvalue weighted by Crippen LogP contribution is -2.21. The van der Waals surface area contributed by atoms with Gasteiger partial charge < -0.3 is 0 Å². The SMILES string of the molecule is O=c1[nH]c2[nH][14c](=O)[nH]c(=O)c2[nH]1. The summed E-state index contributed by atoms with van der Waals surface area (Å²) in [6, 6.07) is 0. The van der Waals surface area contributed by atoms with Gasteiger partial charge >= 0.3 is 11.4 Å². The van der Waals surface area contributed by atoms with Gasteiger partial charge in [-0.2, -0.15) is 0 Å². The summed E-state index contributed by atoms with van der Waals surface area (Å²) in [5.41, 5.74) is -1.65. The Labute approximate surface area is 63.5 Å². The molecule has 0 saturated heterocycles. The standard InChI is InChI=1S/C5H4N4O3/c10-3-1-2(7-4(11)6-1)8-5(12)9-3/h(H4,6,7,8,9,10,11,12)/i5+2. The van der Waals surface area contributed by atoms with Crippen molar-refractivity contribution < 1.29 is 0 Å². The fourth-order valence-electron chi connectivity index (χ4n) is 0.958. The van der Waals surface area contributed by atoms with Crippen LogP contribution in [-0.4, -0.2) is 19.9 Å². The largest absolute Gasteiger partial charge is 0.327 e. The van der Waals surface area contributed by atoms with Crippen LogP contribution in [0.5, 0.6) is 0 Å². The van der Waals surface area contributed by atoms with Gasteiger partial charge in [0.05, 0.1) is 0 Å². The van der Waals surface area contributed by atoms with Crippen molar-refractivity contribution in [2.45, 2.75) is 0 Å². The quantitative estimate of drug-likeness (QED) is 0.375. The Bertz CT molecular complexity index is 583. The van der Waals surface area contributed by atoms with Crippen molar-refractivity contribution in [3.63, 3.8) is 0 Å². The van der Waals surface area contributed by atoms with Crippen molar-refractivity contribution in [1.29, 1.82) is 0 Å². The van der Waals surface area contributed by atoms with Gasteiger partial charge in [-0.3, -0.25) is 24.7 Å². The number of rotatable bonds is 0. The minimum absolute atomic E-state index is 0.0413. The maximum absolute atomic E-state index is 10.9. The fraction of sp³-hybridized carbons (Fsp3) is 0. The third kappa shape index (κ3) is 0.797. The zero-order chi connectivity index (χ0) is 8.72. The number of H-pyrrole nitrogens is 4. The zero-order valence-corrected chi connectivity index (χ0v) is 5.72. The molecule has 7 heteroatoms. The first-order chi connectivity index (χ1) is 5.66. The molecule has 0 bridgehead atoms. The third-order valence-electron chi connectivity index (χ3n) is 1.42. The van der Waals surface area contributed by atoms with E-state index in [4.69, 9.17) is 0 Å². The zero-order valence-electron chi connectivity index (χ0n) is 5.72. The maximum Gasteiger partial charge on any atom is 0.327 e. The fourth-order valence-corrected chi connectivity index (χ4v) is 0.958. The molecule has 0 saturated carbocycles. The van der Waals surface area contributed by atoms with E-state index in [1.165, 1.54) is 0 Å². The lowest BCUT2D eigenvalue weighted by Gasteiger charge is -1.83. The molecule has 0 aliphatic heterocycles. The molecule has 12 heavy (non-hydrogen) atoms. The lowest BCUT2D eigenvalue weighted by atomic mass is 10.6. The van der Waals surface area contributed by atoms with E-state index in [1.54, 1.807) is 0 Å². The van der Waals surface area contributed by atoms with Gasteiger partial charge in [-0.25, -0.2) is 9.59 Å². The molecule has 0 radical (unpaired) electrons. The number of aromatic amines is 4. The first-order valence-electron chi connectivity index (χ1n) is 3.11. The summed E-state index contributed by atoms with van der Waals surface area (Å²) in [5, 5.41) is 0. The molecule has 2 aromatic rings. The average Bonchev–Trinajstić information content (AvgIpc) is 2.29. The topological polar surface area (TPSA) is 114 Å². The molecule has 0 atom stereocenters. The van der Waals surface area contributed by atoms with Crippen molar-refractivity contribution in [1.82, 2.24) is 19.9 Å². The molecule has 0 aliphatic rings. The second-order valence-electron chi connectivity index (χ2n) is 2.24. The van der Waals surface area contributed by atoms with Crippen molar-refractivity contribution in [3.05, 3.63) is 31.3 Å². The van der Waals surface area contributed by atoms with Crippen LogP contribution in [0.15, 0.2) is 14.4 Å². The van der Waals surface area contributed by atoms with Crippen LogP contribution in [0.25, 0.3) is 11.2 Å². The molecule has 0 unspecified atom stereocenters. The van der Waals surface area contributed by atoms with E-state index in [-0.39, 0.29) is 11.2 Å². The van der Waals surface area contributed by atoms with Gasteiger partial charge in [0, 0.05) is 0 Å². The average molecular weight is 170 g/mol. The van der Waals surface area contributed by atoms with E-state index in [0.29, 0.717) is 0 Å². The Morgan fingerprint density at radius 2 is 1.83 bits per heavy atom. The second-order valence-corrected chi connectivity index (χ2v) is 2.24. The number of fused-ring (bicyclic) bond motifs is 1. The van der Waals surface area contributed by atoms with Crippen LogP contribution in [-0.2, 0) is 0 Å². The van der Waals surface area contributed by atoms with Crippen LogP contribution < -0.4 is 16.9 Å². The minimum Gasteiger partial charge on any atom is -0.300 e. The Balaban J connectivity index is 3.18. The summed E-state index contributed by atoms with van der Waals surface area (Å²) in [5.74, 6) is 0. The molecule has 2 aromatic heterocycles. The highest BCUT2D eigenvalue weighted by atomic mass is 16.3. The summed E-state index contributed by atoms with van der Waals surface area (Å²) in [4.78, 5) is 41.0. The number of imidazole rings is 1. The van der Waals surface area contributed by atoms with E-state index in [2.05, 4.69) is 15.0 Å². The molecule has 4 N–H and O–H groups in total. The maximum atomic E-state index is 10.9. The Kier molecular flexibility index (Phi) is 1.09. The van der Waals surface area contributed by atoms with Crippen LogP contribution in [0.1, 0.15) is 0 Å². The predicted molar refractivity (Wildman–Crippen MR) is 40.2 cm³/mol. The summed E-state index contributed by atoms with van der Waals surface area (Å²) in [7, 11) is 0. The number of nitrogens with one attached hydrogen (secondary N) is 4.